The Morgan fingerprint density at radius 3 is 2.87 bits per heavy atom. The summed E-state index contributed by atoms with van der Waals surface area (Å²) >= 11 is 0. The van der Waals surface area contributed by atoms with E-state index in [9.17, 15) is 0 Å². The molecule has 5 heteroatoms. The Morgan fingerprint density at radius 1 is 1.03 bits per heavy atom. The number of fused-ring (bicyclic) bond motifs is 3. The highest BCUT2D eigenvalue weighted by Gasteiger charge is 2.30. The highest BCUT2D eigenvalue weighted by Crippen LogP contribution is 2.36. The molecule has 2 aliphatic rings. The van der Waals surface area contributed by atoms with E-state index in [-0.39, 0.29) is 0 Å². The SMILES string of the molecule is Cc1nc2c(-c3cc4ccc(CN5CC[C@@H]6CCCCC6C5)cc4[nH]3)ccnc2[nH]1. The summed E-state index contributed by atoms with van der Waals surface area (Å²) in [4.78, 5) is 18.6. The second-order valence-corrected chi connectivity index (χ2v) is 9.31. The number of nitrogens with one attached hydrogen (secondary N) is 2. The van der Waals surface area contributed by atoms with Crippen molar-refractivity contribution >= 4 is 22.1 Å². The van der Waals surface area contributed by atoms with Crippen LogP contribution >= 0.6 is 0 Å². The molecule has 2 N–H and O–H groups in total. The van der Waals surface area contributed by atoms with E-state index in [1.54, 1.807) is 0 Å². The van der Waals surface area contributed by atoms with Crippen molar-refractivity contribution in [3.63, 3.8) is 0 Å². The number of H-pyrrole nitrogens is 2. The number of nitrogens with zero attached hydrogens (tertiary/aromatic N) is 3. The number of imidazole rings is 1. The van der Waals surface area contributed by atoms with Gasteiger partial charge < -0.3 is 9.97 Å². The Morgan fingerprint density at radius 2 is 1.93 bits per heavy atom. The van der Waals surface area contributed by atoms with Crippen molar-refractivity contribution in [2.45, 2.75) is 45.6 Å². The fraction of sp³-hybridized carbons (Fsp3) is 0.440. The van der Waals surface area contributed by atoms with Gasteiger partial charge in [0, 0.05) is 41.4 Å². The molecule has 3 aromatic heterocycles. The van der Waals surface area contributed by atoms with Gasteiger partial charge in [-0.05, 0) is 61.9 Å². The molecule has 5 nitrogen and oxygen atoms in total. The number of likely N-dealkylation sites (tertiary alicyclic amines) is 1. The third-order valence-electron chi connectivity index (χ3n) is 7.26. The molecule has 1 aromatic carbocycles. The van der Waals surface area contributed by atoms with Crippen LogP contribution in [0.1, 0.15) is 43.5 Å². The van der Waals surface area contributed by atoms with E-state index >= 15 is 0 Å². The van der Waals surface area contributed by atoms with E-state index in [1.165, 1.54) is 61.7 Å². The molecule has 1 aliphatic carbocycles. The summed E-state index contributed by atoms with van der Waals surface area (Å²) in [6.45, 7) is 5.57. The van der Waals surface area contributed by atoms with Crippen molar-refractivity contribution in [3.8, 4) is 11.3 Å². The van der Waals surface area contributed by atoms with Crippen LogP contribution in [0.3, 0.4) is 0 Å². The van der Waals surface area contributed by atoms with Crippen LogP contribution in [0.15, 0.2) is 36.5 Å². The van der Waals surface area contributed by atoms with Crippen LogP contribution in [-0.2, 0) is 6.54 Å². The second kappa shape index (κ2) is 7.24. The first kappa shape index (κ1) is 18.1. The number of aromatic amines is 2. The number of benzene rings is 1. The molecule has 1 unspecified atom stereocenters. The van der Waals surface area contributed by atoms with Gasteiger partial charge in [0.1, 0.15) is 11.3 Å². The minimum absolute atomic E-state index is 0.843. The Labute approximate surface area is 176 Å². The molecule has 4 heterocycles. The minimum atomic E-state index is 0.843. The lowest BCUT2D eigenvalue weighted by Crippen LogP contribution is -2.41. The maximum Gasteiger partial charge on any atom is 0.158 e. The number of aryl methyl sites for hydroxylation is 1. The summed E-state index contributed by atoms with van der Waals surface area (Å²) in [6, 6.07) is 11.2. The Balaban J connectivity index is 1.26. The summed E-state index contributed by atoms with van der Waals surface area (Å²) in [6.07, 6.45) is 9.03. The summed E-state index contributed by atoms with van der Waals surface area (Å²) in [5, 5.41) is 1.25. The molecule has 2 atom stereocenters. The maximum atomic E-state index is 4.64. The van der Waals surface area contributed by atoms with Gasteiger partial charge in [-0.25, -0.2) is 9.97 Å². The van der Waals surface area contributed by atoms with E-state index in [1.807, 2.05) is 19.2 Å². The fourth-order valence-electron chi connectivity index (χ4n) is 5.74. The lowest BCUT2D eigenvalue weighted by molar-refractivity contribution is 0.0821. The largest absolute Gasteiger partial charge is 0.354 e. The Hall–Kier alpha value is -2.66. The lowest BCUT2D eigenvalue weighted by atomic mass is 9.75. The molecule has 0 bridgehead atoms. The van der Waals surface area contributed by atoms with Crippen LogP contribution in [0, 0.1) is 18.8 Å². The predicted octanol–water partition coefficient (Wildman–Crippen LogP) is 5.43. The number of rotatable bonds is 3. The smallest absolute Gasteiger partial charge is 0.158 e. The summed E-state index contributed by atoms with van der Waals surface area (Å²) in [5.41, 5.74) is 6.58. The Kier molecular flexibility index (Phi) is 4.38. The highest BCUT2D eigenvalue weighted by atomic mass is 15.1. The monoisotopic (exact) mass is 399 g/mol. The molecule has 6 rings (SSSR count). The van der Waals surface area contributed by atoms with Gasteiger partial charge in [0.05, 0.1) is 0 Å². The summed E-state index contributed by atoms with van der Waals surface area (Å²) in [5.74, 6) is 2.82. The van der Waals surface area contributed by atoms with Crippen LogP contribution in [0.25, 0.3) is 33.3 Å². The molecule has 0 radical (unpaired) electrons. The van der Waals surface area contributed by atoms with Crippen molar-refractivity contribution in [1.29, 1.82) is 0 Å². The van der Waals surface area contributed by atoms with E-state index in [0.29, 0.717) is 0 Å². The topological polar surface area (TPSA) is 60.6 Å². The number of pyridine rings is 1. The molecule has 154 valence electrons. The zero-order chi connectivity index (χ0) is 20.1. The molecule has 1 aliphatic heterocycles. The van der Waals surface area contributed by atoms with Gasteiger partial charge in [-0.15, -0.1) is 0 Å². The minimum Gasteiger partial charge on any atom is -0.354 e. The standard InChI is InChI=1S/C25H29N5/c1-16-27-24-21(8-10-26-25(24)28-16)23-13-19-7-6-17(12-22(19)29-23)14-30-11-9-18-4-2-3-5-20(18)15-30/h6-8,10,12-13,18,20,29H,2-5,9,11,14-15H2,1H3,(H,26,27,28)/t18-,20?/m0/s1. The fourth-order valence-corrected chi connectivity index (χ4v) is 5.74. The van der Waals surface area contributed by atoms with Gasteiger partial charge in [0.25, 0.3) is 0 Å². The van der Waals surface area contributed by atoms with Crippen LogP contribution in [0.2, 0.25) is 0 Å². The summed E-state index contributed by atoms with van der Waals surface area (Å²) < 4.78 is 0. The quantitative estimate of drug-likeness (QED) is 0.483. The van der Waals surface area contributed by atoms with Gasteiger partial charge in [-0.1, -0.05) is 31.4 Å². The molecule has 0 amide bonds. The molecular formula is C25H29N5. The molecule has 4 aromatic rings. The third kappa shape index (κ3) is 3.21. The first-order valence-corrected chi connectivity index (χ1v) is 11.4. The van der Waals surface area contributed by atoms with E-state index < -0.39 is 0 Å². The average Bonchev–Trinajstić information content (AvgIpc) is 3.35. The van der Waals surface area contributed by atoms with Crippen molar-refractivity contribution in [1.82, 2.24) is 24.8 Å². The third-order valence-corrected chi connectivity index (χ3v) is 7.26. The first-order chi connectivity index (χ1) is 14.7. The number of aromatic nitrogens is 4. The normalized spacial score (nSPS) is 22.6. The Bertz CT molecular complexity index is 1200. The van der Waals surface area contributed by atoms with Gasteiger partial charge >= 0.3 is 0 Å². The predicted molar refractivity (Wildman–Crippen MR) is 121 cm³/mol. The summed E-state index contributed by atoms with van der Waals surface area (Å²) in [7, 11) is 0. The van der Waals surface area contributed by atoms with Crippen LogP contribution in [0.5, 0.6) is 0 Å². The van der Waals surface area contributed by atoms with E-state index in [4.69, 9.17) is 0 Å². The molecule has 0 spiro atoms. The van der Waals surface area contributed by atoms with Crippen molar-refractivity contribution in [2.75, 3.05) is 13.1 Å². The molecule has 1 saturated heterocycles. The maximum absolute atomic E-state index is 4.64. The zero-order valence-electron chi connectivity index (χ0n) is 17.6. The average molecular weight is 400 g/mol. The van der Waals surface area contributed by atoms with Gasteiger partial charge in [-0.3, -0.25) is 4.90 Å². The van der Waals surface area contributed by atoms with Crippen molar-refractivity contribution < 1.29 is 0 Å². The van der Waals surface area contributed by atoms with Crippen LogP contribution < -0.4 is 0 Å². The molecule has 30 heavy (non-hydrogen) atoms. The van der Waals surface area contributed by atoms with Gasteiger partial charge in [0.2, 0.25) is 0 Å². The molecule has 2 fully saturated rings. The van der Waals surface area contributed by atoms with Crippen LogP contribution in [0.4, 0.5) is 0 Å². The molecular weight excluding hydrogens is 370 g/mol. The molecule has 1 saturated carbocycles. The van der Waals surface area contributed by atoms with E-state index in [0.717, 1.165) is 46.6 Å². The number of hydrogen-bond acceptors (Lipinski definition) is 3. The lowest BCUT2D eigenvalue weighted by Gasteiger charge is -2.41. The van der Waals surface area contributed by atoms with Crippen molar-refractivity contribution in [3.05, 3.63) is 47.9 Å². The van der Waals surface area contributed by atoms with Gasteiger partial charge in [0.15, 0.2) is 5.65 Å². The zero-order valence-corrected chi connectivity index (χ0v) is 17.6. The van der Waals surface area contributed by atoms with Crippen molar-refractivity contribution in [2.24, 2.45) is 11.8 Å². The first-order valence-electron chi connectivity index (χ1n) is 11.4. The highest BCUT2D eigenvalue weighted by molar-refractivity contribution is 5.94. The second-order valence-electron chi connectivity index (χ2n) is 9.31. The van der Waals surface area contributed by atoms with E-state index in [2.05, 4.69) is 49.1 Å². The number of hydrogen-bond donors (Lipinski definition) is 2. The number of piperidine rings is 1. The van der Waals surface area contributed by atoms with Gasteiger partial charge in [-0.2, -0.15) is 0 Å². The van der Waals surface area contributed by atoms with Crippen LogP contribution in [-0.4, -0.2) is 37.9 Å².